The largest absolute Gasteiger partial charge is 0.0918 e. The van der Waals surface area contributed by atoms with Gasteiger partial charge in [-0.2, -0.15) is 0 Å². The lowest BCUT2D eigenvalue weighted by atomic mass is 10.1. The van der Waals surface area contributed by atoms with Crippen LogP contribution in [0.15, 0.2) is 60.7 Å². The number of rotatable bonds is 0. The van der Waals surface area contributed by atoms with Crippen molar-refractivity contribution in [2.75, 3.05) is 0 Å². The molecular weight excluding hydrogens is 240 g/mol. The van der Waals surface area contributed by atoms with Gasteiger partial charge in [-0.3, -0.25) is 0 Å². The third-order valence-corrected chi connectivity index (χ3v) is 3.19. The summed E-state index contributed by atoms with van der Waals surface area (Å²) < 4.78 is 0. The van der Waals surface area contributed by atoms with E-state index >= 15 is 0 Å². The van der Waals surface area contributed by atoms with Crippen LogP contribution in [0.3, 0.4) is 0 Å². The second-order valence-corrected chi connectivity index (χ2v) is 4.74. The minimum Gasteiger partial charge on any atom is -0.0918 e. The topological polar surface area (TPSA) is 0 Å². The Kier molecular flexibility index (Phi) is 4.17. The van der Waals surface area contributed by atoms with Crippen LogP contribution in [0, 0.1) is 0 Å². The maximum Gasteiger partial charge on any atom is -0.0183 e. The van der Waals surface area contributed by atoms with E-state index in [9.17, 15) is 0 Å². The molecule has 0 nitrogen and oxygen atoms in total. The normalized spacial score (nSPS) is 9.80. The Morgan fingerprint density at radius 3 is 1.25 bits per heavy atom. The van der Waals surface area contributed by atoms with Crippen LogP contribution in [0.4, 0.5) is 0 Å². The molecule has 0 heteroatoms. The third-order valence-electron chi connectivity index (χ3n) is 3.19. The van der Waals surface area contributed by atoms with Crippen LogP contribution >= 0.6 is 0 Å². The first-order valence-corrected chi connectivity index (χ1v) is 6.47. The van der Waals surface area contributed by atoms with Crippen molar-refractivity contribution >= 4 is 37.1 Å². The summed E-state index contributed by atoms with van der Waals surface area (Å²) in [6.45, 7) is 16.3. The average Bonchev–Trinajstić information content (AvgIpc) is 2.43. The van der Waals surface area contributed by atoms with Gasteiger partial charge in [-0.15, -0.1) is 0 Å². The molecule has 0 heterocycles. The summed E-state index contributed by atoms with van der Waals surface area (Å²) in [4.78, 5) is 0. The van der Waals surface area contributed by atoms with Crippen LogP contribution in [0.2, 0.25) is 0 Å². The maximum atomic E-state index is 4.17. The fourth-order valence-electron chi connectivity index (χ4n) is 1.92. The van der Waals surface area contributed by atoms with Gasteiger partial charge in [0.2, 0.25) is 0 Å². The molecule has 0 aliphatic rings. The van der Waals surface area contributed by atoms with E-state index in [0.29, 0.717) is 0 Å². The van der Waals surface area contributed by atoms with Gasteiger partial charge in [-0.05, 0) is 31.6 Å². The lowest BCUT2D eigenvalue weighted by Crippen LogP contribution is -2.20. The molecule has 2 aromatic rings. The van der Waals surface area contributed by atoms with Crippen molar-refractivity contribution in [1.29, 1.82) is 0 Å². The van der Waals surface area contributed by atoms with Crippen molar-refractivity contribution in [3.8, 4) is 0 Å². The molecular formula is C20H18. The Morgan fingerprint density at radius 2 is 0.850 bits per heavy atom. The molecule has 0 amide bonds. The number of hydrogen-bond acceptors (Lipinski definition) is 0. The molecule has 0 unspecified atom stereocenters. The van der Waals surface area contributed by atoms with E-state index < -0.39 is 0 Å². The Labute approximate surface area is 119 Å². The zero-order valence-electron chi connectivity index (χ0n) is 11.6. The van der Waals surface area contributed by atoms with Gasteiger partial charge in [0.15, 0.2) is 0 Å². The van der Waals surface area contributed by atoms with Gasteiger partial charge in [-0.1, -0.05) is 87.0 Å². The number of fused-ring (bicyclic) bond motifs is 3. The van der Waals surface area contributed by atoms with Crippen LogP contribution in [-0.2, 0) is 0 Å². The van der Waals surface area contributed by atoms with E-state index in [-0.39, 0.29) is 0 Å². The predicted octanol–water partition coefficient (Wildman–Crippen LogP) is 2.17. The first kappa shape index (κ1) is 13.8. The second kappa shape index (κ2) is 6.03. The van der Waals surface area contributed by atoms with Gasteiger partial charge >= 0.3 is 0 Å². The highest BCUT2D eigenvalue weighted by molar-refractivity contribution is 5.60. The predicted molar refractivity (Wildman–Crippen MR) is 91.0 cm³/mol. The fraction of sp³-hybridized carbons (Fsp3) is 0. The molecule has 0 aliphatic carbocycles. The minimum atomic E-state index is 0.914. The minimum absolute atomic E-state index is 0.914. The smallest absolute Gasteiger partial charge is 0.0183 e. The lowest BCUT2D eigenvalue weighted by molar-refractivity contribution is 1.61. The molecule has 0 saturated heterocycles. The summed E-state index contributed by atoms with van der Waals surface area (Å²) >= 11 is 0. The molecule has 2 rings (SSSR count). The summed E-state index contributed by atoms with van der Waals surface area (Å²) in [6.07, 6.45) is 0. The van der Waals surface area contributed by atoms with Gasteiger partial charge in [-0.25, -0.2) is 0 Å². The first-order chi connectivity index (χ1) is 9.58. The zero-order valence-corrected chi connectivity index (χ0v) is 11.6. The van der Waals surface area contributed by atoms with Crippen LogP contribution < -0.4 is 20.9 Å². The molecule has 0 N–H and O–H groups in total. The molecule has 0 radical (unpaired) electrons. The van der Waals surface area contributed by atoms with Crippen molar-refractivity contribution in [1.82, 2.24) is 0 Å². The van der Waals surface area contributed by atoms with Gasteiger partial charge < -0.3 is 0 Å². The van der Waals surface area contributed by atoms with Gasteiger partial charge in [0, 0.05) is 0 Å². The third kappa shape index (κ3) is 3.24. The summed E-state index contributed by atoms with van der Waals surface area (Å²) in [7, 11) is 0. The lowest BCUT2D eigenvalue weighted by Gasteiger charge is -1.91. The molecule has 2 bridgehead atoms. The highest BCUT2D eigenvalue weighted by Gasteiger charge is 1.85. The average molecular weight is 258 g/mol. The first-order valence-electron chi connectivity index (χ1n) is 6.47. The van der Waals surface area contributed by atoms with Gasteiger partial charge in [0.05, 0.1) is 0 Å². The molecule has 0 aliphatic heterocycles. The van der Waals surface area contributed by atoms with E-state index in [1.807, 2.05) is 60.7 Å². The highest BCUT2D eigenvalue weighted by atomic mass is 13.9. The van der Waals surface area contributed by atoms with Gasteiger partial charge in [0.25, 0.3) is 0 Å². The highest BCUT2D eigenvalue weighted by Crippen LogP contribution is 1.89. The summed E-state index contributed by atoms with van der Waals surface area (Å²) in [6, 6.07) is 19.9. The summed E-state index contributed by atoms with van der Waals surface area (Å²) in [5.74, 6) is 0. The second-order valence-electron chi connectivity index (χ2n) is 4.74. The van der Waals surface area contributed by atoms with Gasteiger partial charge in [0.1, 0.15) is 0 Å². The van der Waals surface area contributed by atoms with Crippen LogP contribution in [0.1, 0.15) is 0 Å². The molecule has 0 aromatic heterocycles. The van der Waals surface area contributed by atoms with Crippen molar-refractivity contribution < 1.29 is 0 Å². The fourth-order valence-corrected chi connectivity index (χ4v) is 1.92. The summed E-state index contributed by atoms with van der Waals surface area (Å²) in [5.41, 5.74) is 0. The van der Waals surface area contributed by atoms with E-state index in [1.54, 1.807) is 0 Å². The molecule has 0 spiro atoms. The maximum absolute atomic E-state index is 4.17. The Hall–Kier alpha value is -2.60. The Balaban J connectivity index is 3.25. The van der Waals surface area contributed by atoms with Crippen molar-refractivity contribution in [2.24, 2.45) is 0 Å². The van der Waals surface area contributed by atoms with E-state index in [2.05, 4.69) is 26.3 Å². The van der Waals surface area contributed by atoms with Crippen molar-refractivity contribution in [3.05, 3.63) is 81.5 Å². The summed E-state index contributed by atoms with van der Waals surface area (Å²) in [5, 5.41) is 5.77. The van der Waals surface area contributed by atoms with Crippen molar-refractivity contribution in [2.45, 2.75) is 0 Å². The molecule has 0 fully saturated rings. The van der Waals surface area contributed by atoms with E-state index in [4.69, 9.17) is 0 Å². The SMILES string of the molecule is C=c1cccc2ccc(=C)cccc(cc1)c(=C)c2=C. The standard InChI is InChI=1S/C20H18/c1-15-7-5-9-20-14-12-16(2)8-6-10-19(13-11-15)17(3)18(20)4/h5-14H,1-4H2. The van der Waals surface area contributed by atoms with E-state index in [0.717, 1.165) is 31.6 Å². The van der Waals surface area contributed by atoms with Crippen LogP contribution in [0.25, 0.3) is 37.1 Å². The quantitative estimate of drug-likeness (QED) is 0.679. The van der Waals surface area contributed by atoms with E-state index in [1.165, 1.54) is 0 Å². The molecule has 98 valence electrons. The zero-order chi connectivity index (χ0) is 14.5. The molecule has 0 atom stereocenters. The number of hydrogen-bond donors (Lipinski definition) is 0. The molecule has 0 saturated carbocycles. The molecule has 2 aromatic carbocycles. The van der Waals surface area contributed by atoms with Crippen molar-refractivity contribution in [3.63, 3.8) is 0 Å². The molecule has 20 heavy (non-hydrogen) atoms. The monoisotopic (exact) mass is 258 g/mol. The van der Waals surface area contributed by atoms with Crippen LogP contribution in [-0.4, -0.2) is 0 Å². The Morgan fingerprint density at radius 1 is 0.450 bits per heavy atom. The van der Waals surface area contributed by atoms with Crippen LogP contribution in [0.5, 0.6) is 0 Å². The Bertz CT molecular complexity index is 841.